The van der Waals surface area contributed by atoms with Crippen molar-refractivity contribution in [2.24, 2.45) is 0 Å². The largest absolute Gasteiger partial charge is 0.334 e. The van der Waals surface area contributed by atoms with Gasteiger partial charge in [0.1, 0.15) is 11.4 Å². The molecule has 0 aromatic heterocycles. The number of fused-ring (bicyclic) bond motifs is 2. The van der Waals surface area contributed by atoms with Gasteiger partial charge in [-0.2, -0.15) is 0 Å². The summed E-state index contributed by atoms with van der Waals surface area (Å²) in [5.74, 6) is -0.771. The Labute approximate surface area is 210 Å². The number of amides is 4. The standard InChI is InChI=1S/C24H18Cl2N4O3S/c25-15-8-2-1-7-14(15)22-21(26)23(32)30(22)28-24(33)27-13-20(31)29-16-9-3-5-11-18(16)34-19-12-6-4-10-17(19)29/h1-12,21-22H,13H2,(H2,27,28,33). The van der Waals surface area contributed by atoms with Crippen LogP contribution in [-0.2, 0) is 9.59 Å². The molecule has 3 aromatic carbocycles. The van der Waals surface area contributed by atoms with Crippen LogP contribution in [0, 0.1) is 0 Å². The topological polar surface area (TPSA) is 81.8 Å². The molecule has 4 amide bonds. The molecule has 2 unspecified atom stereocenters. The minimum absolute atomic E-state index is 0.276. The maximum Gasteiger partial charge on any atom is 0.334 e. The van der Waals surface area contributed by atoms with E-state index in [-0.39, 0.29) is 12.5 Å². The second-order valence-corrected chi connectivity index (χ2v) is 9.60. The molecule has 2 N–H and O–H groups in total. The highest BCUT2D eigenvalue weighted by molar-refractivity contribution is 7.99. The van der Waals surface area contributed by atoms with E-state index in [0.29, 0.717) is 10.6 Å². The van der Waals surface area contributed by atoms with Gasteiger partial charge >= 0.3 is 6.03 Å². The van der Waals surface area contributed by atoms with E-state index >= 15 is 0 Å². The van der Waals surface area contributed by atoms with E-state index in [1.165, 1.54) is 0 Å². The Kier molecular flexibility index (Phi) is 6.12. The zero-order chi connectivity index (χ0) is 23.8. The van der Waals surface area contributed by atoms with Crippen molar-refractivity contribution in [3.8, 4) is 0 Å². The van der Waals surface area contributed by atoms with Crippen molar-refractivity contribution in [3.63, 3.8) is 0 Å². The number of alkyl halides is 1. The fourth-order valence-corrected chi connectivity index (χ4v) is 5.61. The van der Waals surface area contributed by atoms with Crippen molar-refractivity contribution >= 4 is 64.2 Å². The highest BCUT2D eigenvalue weighted by Crippen LogP contribution is 2.47. The zero-order valence-corrected chi connectivity index (χ0v) is 19.9. The van der Waals surface area contributed by atoms with Gasteiger partial charge in [-0.15, -0.1) is 11.6 Å². The van der Waals surface area contributed by atoms with Crippen LogP contribution in [0.25, 0.3) is 0 Å². The Morgan fingerprint density at radius 3 is 2.15 bits per heavy atom. The lowest BCUT2D eigenvalue weighted by Crippen LogP contribution is -2.64. The van der Waals surface area contributed by atoms with Crippen LogP contribution in [0.15, 0.2) is 82.6 Å². The highest BCUT2D eigenvalue weighted by atomic mass is 35.5. The molecule has 1 saturated heterocycles. The number of nitrogens with one attached hydrogen (secondary N) is 2. The second-order valence-electron chi connectivity index (χ2n) is 7.64. The fraction of sp³-hybridized carbons (Fsp3) is 0.125. The van der Waals surface area contributed by atoms with Crippen LogP contribution in [0.4, 0.5) is 16.2 Å². The van der Waals surface area contributed by atoms with E-state index in [2.05, 4.69) is 10.7 Å². The normalized spacial score (nSPS) is 18.5. The molecule has 2 aliphatic heterocycles. The summed E-state index contributed by atoms with van der Waals surface area (Å²) in [6.07, 6.45) is 0. The molecular formula is C24H18Cl2N4O3S. The van der Waals surface area contributed by atoms with Crippen LogP contribution in [0.5, 0.6) is 0 Å². The Morgan fingerprint density at radius 1 is 0.912 bits per heavy atom. The van der Waals surface area contributed by atoms with Gasteiger partial charge in [0.2, 0.25) is 0 Å². The summed E-state index contributed by atoms with van der Waals surface area (Å²) >= 11 is 14.0. The van der Waals surface area contributed by atoms with Gasteiger partial charge in [-0.05, 0) is 35.9 Å². The third-order valence-corrected chi connectivity index (χ3v) is 7.46. The third-order valence-electron chi connectivity index (χ3n) is 5.56. The van der Waals surface area contributed by atoms with E-state index < -0.39 is 23.4 Å². The van der Waals surface area contributed by atoms with Gasteiger partial charge in [-0.25, -0.2) is 15.2 Å². The van der Waals surface area contributed by atoms with Crippen LogP contribution in [0.3, 0.4) is 0 Å². The number of para-hydroxylation sites is 2. The number of hydrogen-bond donors (Lipinski definition) is 2. The molecule has 0 radical (unpaired) electrons. The molecule has 34 heavy (non-hydrogen) atoms. The maximum absolute atomic E-state index is 13.2. The molecule has 2 aliphatic rings. The molecule has 2 atom stereocenters. The van der Waals surface area contributed by atoms with Gasteiger partial charge in [0.05, 0.1) is 17.9 Å². The first-order valence-corrected chi connectivity index (χ1v) is 12.0. The van der Waals surface area contributed by atoms with Crippen LogP contribution < -0.4 is 15.6 Å². The maximum atomic E-state index is 13.2. The number of anilines is 2. The first kappa shape index (κ1) is 22.6. The smallest absolute Gasteiger partial charge is 0.328 e. The van der Waals surface area contributed by atoms with Crippen molar-refractivity contribution in [3.05, 3.63) is 83.4 Å². The number of carbonyl (C=O) groups excluding carboxylic acids is 3. The summed E-state index contributed by atoms with van der Waals surface area (Å²) in [4.78, 5) is 41.5. The quantitative estimate of drug-likeness (QED) is 0.385. The van der Waals surface area contributed by atoms with Gasteiger partial charge in [0.15, 0.2) is 0 Å². The van der Waals surface area contributed by atoms with E-state index in [1.807, 2.05) is 48.5 Å². The molecular weight excluding hydrogens is 495 g/mol. The predicted molar refractivity (Wildman–Crippen MR) is 131 cm³/mol. The van der Waals surface area contributed by atoms with Gasteiger partial charge in [-0.3, -0.25) is 14.5 Å². The van der Waals surface area contributed by atoms with Crippen LogP contribution in [-0.4, -0.2) is 34.8 Å². The molecule has 0 bridgehead atoms. The molecule has 0 aliphatic carbocycles. The van der Waals surface area contributed by atoms with Gasteiger partial charge in [0, 0.05) is 14.8 Å². The summed E-state index contributed by atoms with van der Waals surface area (Å²) < 4.78 is 0. The second kappa shape index (κ2) is 9.21. The first-order valence-electron chi connectivity index (χ1n) is 10.4. The number of hydrazine groups is 1. The lowest BCUT2D eigenvalue weighted by molar-refractivity contribution is -0.149. The van der Waals surface area contributed by atoms with E-state index in [4.69, 9.17) is 23.2 Å². The Balaban J connectivity index is 1.28. The number of benzene rings is 3. The van der Waals surface area contributed by atoms with E-state index in [9.17, 15) is 14.4 Å². The number of hydrogen-bond acceptors (Lipinski definition) is 4. The van der Waals surface area contributed by atoms with Crippen molar-refractivity contribution in [1.82, 2.24) is 15.8 Å². The first-order chi connectivity index (χ1) is 16.5. The molecule has 0 saturated carbocycles. The van der Waals surface area contributed by atoms with Crippen LogP contribution >= 0.6 is 35.0 Å². The Bertz CT molecular complexity index is 1260. The van der Waals surface area contributed by atoms with Gasteiger partial charge in [0.25, 0.3) is 11.8 Å². The number of β-lactam (4-membered cyclic amide) rings is 1. The van der Waals surface area contributed by atoms with E-state index in [0.717, 1.165) is 26.2 Å². The average molecular weight is 513 g/mol. The van der Waals surface area contributed by atoms with Crippen molar-refractivity contribution in [1.29, 1.82) is 0 Å². The summed E-state index contributed by atoms with van der Waals surface area (Å²) in [6, 6.07) is 20.8. The van der Waals surface area contributed by atoms with Gasteiger partial charge < -0.3 is 5.32 Å². The van der Waals surface area contributed by atoms with Crippen molar-refractivity contribution in [2.45, 2.75) is 21.2 Å². The summed E-state index contributed by atoms with van der Waals surface area (Å²) in [6.45, 7) is -0.276. The predicted octanol–water partition coefficient (Wildman–Crippen LogP) is 4.87. The molecule has 0 spiro atoms. The lowest BCUT2D eigenvalue weighted by Gasteiger charge is -2.44. The van der Waals surface area contributed by atoms with Crippen LogP contribution in [0.2, 0.25) is 5.02 Å². The number of halogens is 2. The highest BCUT2D eigenvalue weighted by Gasteiger charge is 2.49. The molecule has 5 rings (SSSR count). The molecule has 7 nitrogen and oxygen atoms in total. The Hall–Kier alpha value is -3.20. The number of rotatable bonds is 4. The monoisotopic (exact) mass is 512 g/mol. The summed E-state index contributed by atoms with van der Waals surface area (Å²) in [5.41, 5.74) is 4.61. The molecule has 172 valence electrons. The minimum atomic E-state index is -0.847. The van der Waals surface area contributed by atoms with Crippen LogP contribution in [0.1, 0.15) is 11.6 Å². The third kappa shape index (κ3) is 3.98. The Morgan fingerprint density at radius 2 is 1.50 bits per heavy atom. The number of nitrogens with zero attached hydrogens (tertiary/aromatic N) is 2. The van der Waals surface area contributed by atoms with Gasteiger partial charge in [-0.1, -0.05) is 65.8 Å². The number of carbonyl (C=O) groups is 3. The molecule has 3 aromatic rings. The molecule has 10 heteroatoms. The average Bonchev–Trinajstić information content (AvgIpc) is 2.86. The SMILES string of the molecule is O=C(NCC(=O)N1c2ccccc2Sc2ccccc21)NN1C(=O)C(Cl)C1c1ccccc1Cl. The van der Waals surface area contributed by atoms with Crippen molar-refractivity contribution in [2.75, 3.05) is 11.4 Å². The summed E-state index contributed by atoms with van der Waals surface area (Å²) in [7, 11) is 0. The molecule has 1 fully saturated rings. The number of urea groups is 1. The lowest BCUT2D eigenvalue weighted by atomic mass is 9.95. The minimum Gasteiger partial charge on any atom is -0.328 e. The fourth-order valence-electron chi connectivity index (χ4n) is 3.95. The molecule has 2 heterocycles. The van der Waals surface area contributed by atoms with E-state index in [1.54, 1.807) is 40.9 Å². The zero-order valence-electron chi connectivity index (χ0n) is 17.6. The van der Waals surface area contributed by atoms with Crippen molar-refractivity contribution < 1.29 is 14.4 Å². The summed E-state index contributed by atoms with van der Waals surface area (Å²) in [5, 5.41) is 3.26.